The maximum absolute atomic E-state index is 12.6. The normalized spacial score (nSPS) is 20.5. The molecular weight excluding hydrogens is 258 g/mol. The third-order valence-corrected chi connectivity index (χ3v) is 5.28. The summed E-state index contributed by atoms with van der Waals surface area (Å²) in [6, 6.07) is 0. The molecule has 1 rings (SSSR count). The van der Waals surface area contributed by atoms with Crippen LogP contribution in [0.5, 0.6) is 0 Å². The second kappa shape index (κ2) is 6.43. The zero-order valence-corrected chi connectivity index (χ0v) is 11.3. The van der Waals surface area contributed by atoms with Crippen LogP contribution in [0, 0.1) is 0 Å². The minimum atomic E-state index is -2.83. The van der Waals surface area contributed by atoms with E-state index in [0.717, 1.165) is 13.1 Å². The van der Waals surface area contributed by atoms with E-state index in [4.69, 9.17) is 27.7 Å². The Bertz CT molecular complexity index is 233. The molecule has 1 saturated heterocycles. The fourth-order valence-corrected chi connectivity index (χ4v) is 4.33. The zero-order valence-electron chi connectivity index (χ0n) is 8.86. The average Bonchev–Trinajstić information content (AvgIpc) is 3.01. The standard InChI is InChI=1S/C8H17Cl2N2O2P/c1-2-14-15(13,12-7-8-12)11(5-3-9)6-4-10/h2-8H2,1H3. The van der Waals surface area contributed by atoms with Gasteiger partial charge in [-0.2, -0.15) is 0 Å². The van der Waals surface area contributed by atoms with Crippen molar-refractivity contribution in [3.8, 4) is 0 Å². The third kappa shape index (κ3) is 3.58. The number of halogens is 2. The average molecular weight is 275 g/mol. The van der Waals surface area contributed by atoms with E-state index in [1.807, 2.05) is 11.6 Å². The maximum atomic E-state index is 12.6. The zero-order chi connectivity index (χ0) is 11.3. The van der Waals surface area contributed by atoms with Crippen LogP contribution in [0.4, 0.5) is 0 Å². The summed E-state index contributed by atoms with van der Waals surface area (Å²) >= 11 is 11.4. The van der Waals surface area contributed by atoms with Gasteiger partial charge in [0.25, 0.3) is 0 Å². The molecule has 0 aliphatic carbocycles. The fourth-order valence-electron chi connectivity index (χ4n) is 1.37. The highest BCUT2D eigenvalue weighted by Gasteiger charge is 2.43. The largest absolute Gasteiger partial charge is 0.346 e. The Morgan fingerprint density at radius 2 is 1.87 bits per heavy atom. The summed E-state index contributed by atoms with van der Waals surface area (Å²) in [6.45, 7) is 5.03. The first-order valence-corrected chi connectivity index (χ1v) is 7.66. The van der Waals surface area contributed by atoms with Gasteiger partial charge in [0.05, 0.1) is 6.61 Å². The van der Waals surface area contributed by atoms with Gasteiger partial charge in [-0.3, -0.25) is 4.57 Å². The molecule has 1 aliphatic heterocycles. The lowest BCUT2D eigenvalue weighted by atomic mass is 10.6. The van der Waals surface area contributed by atoms with Crippen molar-refractivity contribution in [2.75, 3.05) is 44.5 Å². The van der Waals surface area contributed by atoms with E-state index in [1.54, 1.807) is 4.67 Å². The lowest BCUT2D eigenvalue weighted by molar-refractivity contribution is 0.255. The van der Waals surface area contributed by atoms with Crippen LogP contribution in [0.2, 0.25) is 0 Å². The fraction of sp³-hybridized carbons (Fsp3) is 1.00. The summed E-state index contributed by atoms with van der Waals surface area (Å²) in [4.78, 5) is 0. The highest BCUT2D eigenvalue weighted by Crippen LogP contribution is 2.57. The minimum absolute atomic E-state index is 0.432. The van der Waals surface area contributed by atoms with E-state index in [1.165, 1.54) is 0 Å². The predicted molar refractivity (Wildman–Crippen MR) is 63.8 cm³/mol. The quantitative estimate of drug-likeness (QED) is 0.386. The van der Waals surface area contributed by atoms with Gasteiger partial charge in [0, 0.05) is 37.9 Å². The van der Waals surface area contributed by atoms with Crippen LogP contribution in [-0.4, -0.2) is 53.9 Å². The Balaban J connectivity index is 2.68. The lowest BCUT2D eigenvalue weighted by Crippen LogP contribution is -2.29. The molecule has 0 aromatic rings. The third-order valence-electron chi connectivity index (χ3n) is 2.12. The predicted octanol–water partition coefficient (Wildman–Crippen LogP) is 2.23. The van der Waals surface area contributed by atoms with Crippen molar-refractivity contribution in [3.05, 3.63) is 0 Å². The lowest BCUT2D eigenvalue weighted by Gasteiger charge is -2.30. The van der Waals surface area contributed by atoms with E-state index in [2.05, 4.69) is 0 Å². The van der Waals surface area contributed by atoms with Gasteiger partial charge in [-0.25, -0.2) is 9.34 Å². The molecule has 0 saturated carbocycles. The number of alkyl halides is 2. The molecule has 1 aliphatic rings. The Kier molecular flexibility index (Phi) is 5.90. The summed E-state index contributed by atoms with van der Waals surface area (Å²) < 4.78 is 21.6. The monoisotopic (exact) mass is 274 g/mol. The SMILES string of the molecule is CCOP(=O)(N(CCCl)CCCl)N1CC1. The van der Waals surface area contributed by atoms with Crippen LogP contribution < -0.4 is 0 Å². The van der Waals surface area contributed by atoms with Crippen LogP contribution in [0.1, 0.15) is 6.92 Å². The van der Waals surface area contributed by atoms with Crippen molar-refractivity contribution in [3.63, 3.8) is 0 Å². The highest BCUT2D eigenvalue weighted by atomic mass is 35.5. The Labute approximate surface area is 101 Å². The number of rotatable bonds is 8. The summed E-state index contributed by atoms with van der Waals surface area (Å²) in [7, 11) is -2.83. The van der Waals surface area contributed by atoms with Crippen LogP contribution in [0.3, 0.4) is 0 Å². The first-order valence-electron chi connectivity index (χ1n) is 5.06. The van der Waals surface area contributed by atoms with Gasteiger partial charge in [0.15, 0.2) is 0 Å². The Hall–Kier alpha value is 0.690. The van der Waals surface area contributed by atoms with E-state index in [9.17, 15) is 4.57 Å². The summed E-state index contributed by atoms with van der Waals surface area (Å²) in [5.41, 5.74) is 0. The maximum Gasteiger partial charge on any atom is 0.346 e. The van der Waals surface area contributed by atoms with Gasteiger partial charge in [0.1, 0.15) is 0 Å². The van der Waals surface area contributed by atoms with Gasteiger partial charge in [0.2, 0.25) is 0 Å². The molecule has 0 radical (unpaired) electrons. The molecule has 15 heavy (non-hydrogen) atoms. The van der Waals surface area contributed by atoms with Crippen molar-refractivity contribution in [2.24, 2.45) is 0 Å². The van der Waals surface area contributed by atoms with E-state index in [0.29, 0.717) is 31.5 Å². The summed E-state index contributed by atoms with van der Waals surface area (Å²) in [5.74, 6) is 0.865. The molecule has 90 valence electrons. The highest BCUT2D eigenvalue weighted by molar-refractivity contribution is 7.54. The summed E-state index contributed by atoms with van der Waals surface area (Å²) in [6.07, 6.45) is 0. The van der Waals surface area contributed by atoms with Crippen molar-refractivity contribution >= 4 is 30.9 Å². The number of hydrogen-bond acceptors (Lipinski definition) is 2. The molecule has 0 N–H and O–H groups in total. The molecule has 0 bridgehead atoms. The Morgan fingerprint density at radius 1 is 1.33 bits per heavy atom. The molecule has 1 fully saturated rings. The first kappa shape index (κ1) is 13.8. The first-order chi connectivity index (χ1) is 7.19. The van der Waals surface area contributed by atoms with Gasteiger partial charge in [-0.05, 0) is 6.92 Å². The molecule has 0 aromatic carbocycles. The van der Waals surface area contributed by atoms with Gasteiger partial charge in [-0.15, -0.1) is 23.2 Å². The topological polar surface area (TPSA) is 32.5 Å². The molecule has 0 amide bonds. The molecule has 1 heterocycles. The molecule has 4 nitrogen and oxygen atoms in total. The van der Waals surface area contributed by atoms with Crippen LogP contribution >= 0.6 is 30.9 Å². The number of nitrogens with zero attached hydrogens (tertiary/aromatic N) is 2. The summed E-state index contributed by atoms with van der Waals surface area (Å²) in [5, 5.41) is 0. The van der Waals surface area contributed by atoms with Crippen molar-refractivity contribution in [2.45, 2.75) is 6.92 Å². The van der Waals surface area contributed by atoms with Crippen molar-refractivity contribution in [1.82, 2.24) is 9.34 Å². The van der Waals surface area contributed by atoms with Crippen molar-refractivity contribution < 1.29 is 9.09 Å². The van der Waals surface area contributed by atoms with Crippen LogP contribution in [0.25, 0.3) is 0 Å². The smallest absolute Gasteiger partial charge is 0.306 e. The van der Waals surface area contributed by atoms with Gasteiger partial charge in [-0.1, -0.05) is 0 Å². The molecule has 0 aromatic heterocycles. The van der Waals surface area contributed by atoms with E-state index in [-0.39, 0.29) is 0 Å². The molecule has 1 unspecified atom stereocenters. The number of hydrogen-bond donors (Lipinski definition) is 0. The van der Waals surface area contributed by atoms with Crippen molar-refractivity contribution in [1.29, 1.82) is 0 Å². The molecule has 0 spiro atoms. The van der Waals surface area contributed by atoms with Gasteiger partial charge >= 0.3 is 7.67 Å². The van der Waals surface area contributed by atoms with Crippen LogP contribution in [0.15, 0.2) is 0 Å². The molecular formula is C8H17Cl2N2O2P. The van der Waals surface area contributed by atoms with Crippen LogP contribution in [-0.2, 0) is 9.09 Å². The van der Waals surface area contributed by atoms with E-state index < -0.39 is 7.67 Å². The van der Waals surface area contributed by atoms with E-state index >= 15 is 0 Å². The molecule has 1 atom stereocenters. The van der Waals surface area contributed by atoms with Gasteiger partial charge < -0.3 is 4.52 Å². The molecule has 7 heteroatoms. The minimum Gasteiger partial charge on any atom is -0.306 e. The second-order valence-electron chi connectivity index (χ2n) is 3.19. The Morgan fingerprint density at radius 3 is 2.20 bits per heavy atom. The second-order valence-corrected chi connectivity index (χ2v) is 6.32.